The lowest BCUT2D eigenvalue weighted by Gasteiger charge is -2.35. The summed E-state index contributed by atoms with van der Waals surface area (Å²) in [4.78, 5) is 51.5. The second kappa shape index (κ2) is 13.6. The number of anilines is 1. The Balaban J connectivity index is 0.000000466. The number of rotatable bonds is 9. The van der Waals surface area contributed by atoms with E-state index < -0.39 is 11.9 Å². The zero-order valence-corrected chi connectivity index (χ0v) is 19.7. The van der Waals surface area contributed by atoms with Gasteiger partial charge in [0.15, 0.2) is 11.6 Å². The molecule has 190 valence electrons. The fraction of sp³-hybridized carbons (Fsp3) is 0.455. The third-order valence-corrected chi connectivity index (χ3v) is 5.25. The number of hydrogen-bond acceptors (Lipinski definition) is 9. The Morgan fingerprint density at radius 2 is 1.69 bits per heavy atom. The number of carboxylic acid groups (broad SMARTS) is 2. The molecule has 0 bridgehead atoms. The molecule has 2 aromatic rings. The predicted octanol–water partition coefficient (Wildman–Crippen LogP) is -0.340. The van der Waals surface area contributed by atoms with E-state index in [9.17, 15) is 19.2 Å². The van der Waals surface area contributed by atoms with Gasteiger partial charge in [0.25, 0.3) is 5.56 Å². The smallest absolute Gasteiger partial charge is 0.347 e. The number of aromatic nitrogens is 4. The number of pyridine rings is 1. The van der Waals surface area contributed by atoms with E-state index >= 15 is 0 Å². The quantitative estimate of drug-likeness (QED) is 0.349. The van der Waals surface area contributed by atoms with Gasteiger partial charge in [-0.15, -0.1) is 0 Å². The minimum absolute atomic E-state index is 0.361. The van der Waals surface area contributed by atoms with Crippen molar-refractivity contribution in [2.45, 2.75) is 19.4 Å². The van der Waals surface area contributed by atoms with E-state index in [1.807, 2.05) is 12.1 Å². The number of aryl methyl sites for hydroxylation is 1. The summed E-state index contributed by atoms with van der Waals surface area (Å²) in [6, 6.07) is 3.81. The number of ether oxygens (including phenoxy) is 1. The summed E-state index contributed by atoms with van der Waals surface area (Å²) < 4.78 is 7.83. The van der Waals surface area contributed by atoms with Crippen LogP contribution in [0.15, 0.2) is 46.3 Å². The van der Waals surface area contributed by atoms with Gasteiger partial charge in [-0.25, -0.2) is 24.0 Å². The van der Waals surface area contributed by atoms with Gasteiger partial charge in [0.1, 0.15) is 6.20 Å². The third kappa shape index (κ3) is 8.70. The van der Waals surface area contributed by atoms with Crippen LogP contribution in [0.1, 0.15) is 12.8 Å². The first-order valence-electron chi connectivity index (χ1n) is 11.0. The second-order valence-electron chi connectivity index (χ2n) is 7.62. The molecule has 0 unspecified atom stereocenters. The summed E-state index contributed by atoms with van der Waals surface area (Å²) in [5.41, 5.74) is -0.737. The van der Waals surface area contributed by atoms with Crippen molar-refractivity contribution >= 4 is 17.8 Å². The fourth-order valence-corrected chi connectivity index (χ4v) is 3.38. The maximum atomic E-state index is 11.9. The molecule has 2 aromatic heterocycles. The summed E-state index contributed by atoms with van der Waals surface area (Å²) in [6.45, 7) is 5.27. The Labute approximate surface area is 201 Å². The summed E-state index contributed by atoms with van der Waals surface area (Å²) >= 11 is 0. The van der Waals surface area contributed by atoms with Crippen LogP contribution in [0.2, 0.25) is 0 Å². The number of hydrogen-bond donors (Lipinski definition) is 2. The average molecular weight is 491 g/mol. The molecule has 0 saturated carbocycles. The van der Waals surface area contributed by atoms with Gasteiger partial charge in [-0.05, 0) is 31.5 Å². The molecule has 0 spiro atoms. The Bertz CT molecular complexity index is 1120. The number of aliphatic carboxylic acids is 2. The van der Waals surface area contributed by atoms with Gasteiger partial charge in [0.2, 0.25) is 0 Å². The maximum Gasteiger partial charge on any atom is 0.347 e. The van der Waals surface area contributed by atoms with Crippen molar-refractivity contribution in [2.24, 2.45) is 7.05 Å². The molecule has 3 heterocycles. The molecule has 1 saturated heterocycles. The zero-order valence-electron chi connectivity index (χ0n) is 19.7. The van der Waals surface area contributed by atoms with Crippen LogP contribution in [0.4, 0.5) is 5.82 Å². The van der Waals surface area contributed by atoms with Crippen LogP contribution in [0.3, 0.4) is 0 Å². The van der Waals surface area contributed by atoms with E-state index in [0.29, 0.717) is 18.7 Å². The second-order valence-corrected chi connectivity index (χ2v) is 7.62. The summed E-state index contributed by atoms with van der Waals surface area (Å²) in [5.74, 6) is -0.805. The highest BCUT2D eigenvalue weighted by molar-refractivity contribution is 5.89. The Morgan fingerprint density at radius 3 is 2.29 bits per heavy atom. The van der Waals surface area contributed by atoms with Crippen molar-refractivity contribution in [3.8, 4) is 5.75 Å². The van der Waals surface area contributed by atoms with Gasteiger partial charge in [-0.1, -0.05) is 0 Å². The van der Waals surface area contributed by atoms with Crippen LogP contribution in [-0.2, 0) is 23.2 Å². The molecule has 2 N–H and O–H groups in total. The largest absolute Gasteiger partial charge is 0.493 e. The van der Waals surface area contributed by atoms with Gasteiger partial charge < -0.3 is 19.8 Å². The molecular formula is C22H30N6O7. The van der Waals surface area contributed by atoms with Crippen molar-refractivity contribution in [2.75, 3.05) is 44.7 Å². The Hall–Kier alpha value is -4.00. The average Bonchev–Trinajstić information content (AvgIpc) is 2.86. The molecule has 13 nitrogen and oxygen atoms in total. The topological polar surface area (TPSA) is 160 Å². The Morgan fingerprint density at radius 1 is 1.06 bits per heavy atom. The van der Waals surface area contributed by atoms with E-state index in [4.69, 9.17) is 14.9 Å². The van der Waals surface area contributed by atoms with E-state index in [1.54, 1.807) is 13.3 Å². The summed E-state index contributed by atoms with van der Waals surface area (Å²) in [6.07, 6.45) is 5.92. The molecule has 35 heavy (non-hydrogen) atoms. The van der Waals surface area contributed by atoms with Crippen LogP contribution >= 0.6 is 0 Å². The molecular weight excluding hydrogens is 460 g/mol. The Kier molecular flexibility index (Phi) is 10.6. The van der Waals surface area contributed by atoms with Crippen LogP contribution < -0.4 is 20.9 Å². The summed E-state index contributed by atoms with van der Waals surface area (Å²) in [7, 11) is 3.14. The number of nitrogens with zero attached hydrogens (tertiary/aromatic N) is 6. The van der Waals surface area contributed by atoms with E-state index in [1.165, 1.54) is 17.9 Å². The number of carboxylic acids is 2. The fourth-order valence-electron chi connectivity index (χ4n) is 3.38. The highest BCUT2D eigenvalue weighted by Gasteiger charge is 2.20. The first kappa shape index (κ1) is 27.2. The monoisotopic (exact) mass is 490 g/mol. The normalized spacial score (nSPS) is 13.8. The molecule has 1 aliphatic rings. The number of unbranched alkanes of at least 4 members (excludes halogenated alkanes) is 1. The van der Waals surface area contributed by atoms with Crippen LogP contribution in [0.25, 0.3) is 0 Å². The lowest BCUT2D eigenvalue weighted by molar-refractivity contribution is -0.134. The van der Waals surface area contributed by atoms with E-state index in [-0.39, 0.29) is 11.2 Å². The van der Waals surface area contributed by atoms with Gasteiger partial charge in [-0.2, -0.15) is 5.10 Å². The van der Waals surface area contributed by atoms with Crippen LogP contribution in [0.5, 0.6) is 5.75 Å². The lowest BCUT2D eigenvalue weighted by Crippen LogP contribution is -2.47. The highest BCUT2D eigenvalue weighted by atomic mass is 16.5. The molecule has 0 amide bonds. The van der Waals surface area contributed by atoms with Gasteiger partial charge in [-0.3, -0.25) is 14.3 Å². The lowest BCUT2D eigenvalue weighted by atomic mass is 10.2. The number of methoxy groups -OCH3 is 1. The highest BCUT2D eigenvalue weighted by Crippen LogP contribution is 2.25. The van der Waals surface area contributed by atoms with Gasteiger partial charge >= 0.3 is 17.6 Å². The maximum absolute atomic E-state index is 11.9. The predicted molar refractivity (Wildman–Crippen MR) is 127 cm³/mol. The van der Waals surface area contributed by atoms with E-state index in [2.05, 4.69) is 19.9 Å². The molecule has 1 aliphatic heterocycles. The molecule has 0 aromatic carbocycles. The SMILES string of the molecule is COc1cccnc1N1CCN(CCCCn2ncc(=O)n(C)c2=O)CC1.O=C(O)/C=C/C(=O)O. The minimum atomic E-state index is -1.26. The van der Waals surface area contributed by atoms with Crippen LogP contribution in [-0.4, -0.2) is 86.2 Å². The first-order chi connectivity index (χ1) is 16.7. The van der Waals surface area contributed by atoms with Gasteiger partial charge in [0.05, 0.1) is 7.11 Å². The number of piperazine rings is 1. The third-order valence-electron chi connectivity index (χ3n) is 5.25. The van der Waals surface area contributed by atoms with Crippen LogP contribution in [0, 0.1) is 0 Å². The van der Waals surface area contributed by atoms with Crippen molar-refractivity contribution in [3.63, 3.8) is 0 Å². The zero-order chi connectivity index (χ0) is 25.8. The van der Waals surface area contributed by atoms with Crippen molar-refractivity contribution in [1.82, 2.24) is 24.2 Å². The standard InChI is InChI=1S/C18H26N6O3.C4H4O4/c1-21-16(25)14-20-24(18(21)26)9-4-3-8-22-10-12-23(13-11-22)17-15(27-2)6-5-7-19-17;5-3(6)1-2-4(7)8/h5-7,14H,3-4,8-13H2,1-2H3;1-2H,(H,5,6)(H,7,8)/b;2-1+. The van der Waals surface area contributed by atoms with Gasteiger partial charge in [0, 0.05) is 58.1 Å². The molecule has 0 aliphatic carbocycles. The first-order valence-corrected chi connectivity index (χ1v) is 11.0. The minimum Gasteiger partial charge on any atom is -0.493 e. The van der Waals surface area contributed by atoms with Crippen molar-refractivity contribution < 1.29 is 24.5 Å². The van der Waals surface area contributed by atoms with E-state index in [0.717, 1.165) is 61.7 Å². The van der Waals surface area contributed by atoms with Crippen molar-refractivity contribution in [3.05, 3.63) is 57.5 Å². The van der Waals surface area contributed by atoms with Crippen molar-refractivity contribution in [1.29, 1.82) is 0 Å². The molecule has 3 rings (SSSR count). The summed E-state index contributed by atoms with van der Waals surface area (Å²) in [5, 5.41) is 19.5. The number of carbonyl (C=O) groups is 2. The molecule has 1 fully saturated rings. The molecule has 0 radical (unpaired) electrons. The molecule has 13 heteroatoms. The molecule has 0 atom stereocenters.